The van der Waals surface area contributed by atoms with Crippen molar-refractivity contribution in [2.24, 2.45) is 5.41 Å². The highest BCUT2D eigenvalue weighted by molar-refractivity contribution is 5.93. The van der Waals surface area contributed by atoms with Gasteiger partial charge in [-0.25, -0.2) is 9.97 Å². The summed E-state index contributed by atoms with van der Waals surface area (Å²) in [5, 5.41) is 5.99. The van der Waals surface area contributed by atoms with E-state index in [-0.39, 0.29) is 11.3 Å². The second kappa shape index (κ2) is 4.57. The Labute approximate surface area is 94.7 Å². The lowest BCUT2D eigenvalue weighted by Gasteiger charge is -2.32. The minimum absolute atomic E-state index is 0.00843. The Morgan fingerprint density at radius 1 is 1.50 bits per heavy atom. The molecule has 1 aromatic rings. The third-order valence-corrected chi connectivity index (χ3v) is 2.94. The summed E-state index contributed by atoms with van der Waals surface area (Å²) < 4.78 is 0. The molecule has 1 unspecified atom stereocenters. The van der Waals surface area contributed by atoms with E-state index in [0.29, 0.717) is 12.5 Å². The van der Waals surface area contributed by atoms with Crippen LogP contribution >= 0.6 is 0 Å². The predicted molar refractivity (Wildman–Crippen MR) is 60.9 cm³/mol. The molecule has 2 rings (SSSR count). The van der Waals surface area contributed by atoms with E-state index in [9.17, 15) is 4.79 Å². The summed E-state index contributed by atoms with van der Waals surface area (Å²) in [7, 11) is 0. The summed E-state index contributed by atoms with van der Waals surface area (Å²) in [5.74, 6) is 0.366. The standard InChI is InChI=1S/C11H16N4O/c1-11(4-2-5-12-8-11)9(16)15-10-13-6-3-7-14-10/h3,6-7,12H,2,4-5,8H2,1H3,(H,13,14,15,16). The van der Waals surface area contributed by atoms with Crippen molar-refractivity contribution < 1.29 is 4.79 Å². The van der Waals surface area contributed by atoms with Crippen LogP contribution in [0.15, 0.2) is 18.5 Å². The fraction of sp³-hybridized carbons (Fsp3) is 0.545. The van der Waals surface area contributed by atoms with E-state index in [4.69, 9.17) is 0 Å². The van der Waals surface area contributed by atoms with E-state index in [1.165, 1.54) is 0 Å². The van der Waals surface area contributed by atoms with Crippen molar-refractivity contribution in [2.75, 3.05) is 18.4 Å². The molecule has 0 bridgehead atoms. The highest BCUT2D eigenvalue weighted by atomic mass is 16.2. The zero-order chi connectivity index (χ0) is 11.4. The van der Waals surface area contributed by atoms with Crippen LogP contribution in [-0.4, -0.2) is 29.0 Å². The summed E-state index contributed by atoms with van der Waals surface area (Å²) in [5.41, 5.74) is -0.350. The van der Waals surface area contributed by atoms with Crippen LogP contribution in [0.3, 0.4) is 0 Å². The maximum atomic E-state index is 12.1. The van der Waals surface area contributed by atoms with Crippen molar-refractivity contribution >= 4 is 11.9 Å². The molecular weight excluding hydrogens is 204 g/mol. The van der Waals surface area contributed by atoms with E-state index in [0.717, 1.165) is 19.4 Å². The molecule has 2 N–H and O–H groups in total. The Bertz CT molecular complexity index is 360. The maximum Gasteiger partial charge on any atom is 0.233 e. The van der Waals surface area contributed by atoms with Gasteiger partial charge in [-0.3, -0.25) is 10.1 Å². The van der Waals surface area contributed by atoms with Crippen molar-refractivity contribution in [3.63, 3.8) is 0 Å². The number of hydrogen-bond donors (Lipinski definition) is 2. The summed E-state index contributed by atoms with van der Waals surface area (Å²) >= 11 is 0. The van der Waals surface area contributed by atoms with Gasteiger partial charge in [0.1, 0.15) is 0 Å². The summed E-state index contributed by atoms with van der Waals surface area (Å²) in [6, 6.07) is 1.72. The van der Waals surface area contributed by atoms with Crippen molar-refractivity contribution in [3.05, 3.63) is 18.5 Å². The lowest BCUT2D eigenvalue weighted by atomic mass is 9.82. The average molecular weight is 220 g/mol. The molecule has 16 heavy (non-hydrogen) atoms. The number of carbonyl (C=O) groups is 1. The highest BCUT2D eigenvalue weighted by Crippen LogP contribution is 2.26. The molecule has 0 aromatic carbocycles. The summed E-state index contributed by atoms with van der Waals surface area (Å²) in [4.78, 5) is 20.0. The molecule has 1 aromatic heterocycles. The molecule has 2 heterocycles. The largest absolute Gasteiger partial charge is 0.316 e. The monoisotopic (exact) mass is 220 g/mol. The zero-order valence-electron chi connectivity index (χ0n) is 9.36. The topological polar surface area (TPSA) is 66.9 Å². The number of carbonyl (C=O) groups excluding carboxylic acids is 1. The number of anilines is 1. The second-order valence-corrected chi connectivity index (χ2v) is 4.37. The summed E-state index contributed by atoms with van der Waals surface area (Å²) in [6.07, 6.45) is 5.16. The molecular formula is C11H16N4O. The molecule has 1 aliphatic rings. The van der Waals surface area contributed by atoms with Gasteiger partial charge in [0.15, 0.2) is 0 Å². The SMILES string of the molecule is CC1(C(=O)Nc2ncccn2)CCCNC1. The van der Waals surface area contributed by atoms with E-state index in [2.05, 4.69) is 20.6 Å². The Morgan fingerprint density at radius 2 is 2.25 bits per heavy atom. The smallest absolute Gasteiger partial charge is 0.233 e. The van der Waals surface area contributed by atoms with Crippen LogP contribution < -0.4 is 10.6 Å². The number of hydrogen-bond acceptors (Lipinski definition) is 4. The molecule has 5 nitrogen and oxygen atoms in total. The molecule has 5 heteroatoms. The number of nitrogens with zero attached hydrogens (tertiary/aromatic N) is 2. The number of rotatable bonds is 2. The molecule has 0 aliphatic carbocycles. The van der Waals surface area contributed by atoms with Crippen molar-refractivity contribution in [1.82, 2.24) is 15.3 Å². The van der Waals surface area contributed by atoms with Gasteiger partial charge in [-0.15, -0.1) is 0 Å². The molecule has 0 radical (unpaired) electrons. The minimum Gasteiger partial charge on any atom is -0.316 e. The third-order valence-electron chi connectivity index (χ3n) is 2.94. The summed E-state index contributed by atoms with van der Waals surface area (Å²) in [6.45, 7) is 3.67. The first-order valence-electron chi connectivity index (χ1n) is 5.50. The second-order valence-electron chi connectivity index (χ2n) is 4.37. The molecule has 1 amide bonds. The van der Waals surface area contributed by atoms with Crippen LogP contribution in [0.4, 0.5) is 5.95 Å². The number of amides is 1. The molecule has 1 fully saturated rings. The van der Waals surface area contributed by atoms with Crippen LogP contribution in [0.2, 0.25) is 0 Å². The van der Waals surface area contributed by atoms with Gasteiger partial charge in [-0.1, -0.05) is 0 Å². The lowest BCUT2D eigenvalue weighted by molar-refractivity contribution is -0.125. The molecule has 1 saturated heterocycles. The number of nitrogens with one attached hydrogen (secondary N) is 2. The van der Waals surface area contributed by atoms with Gasteiger partial charge in [0.2, 0.25) is 11.9 Å². The fourth-order valence-corrected chi connectivity index (χ4v) is 1.87. The van der Waals surface area contributed by atoms with Gasteiger partial charge in [0.25, 0.3) is 0 Å². The minimum atomic E-state index is -0.350. The fourth-order valence-electron chi connectivity index (χ4n) is 1.87. The first-order valence-corrected chi connectivity index (χ1v) is 5.50. The number of aromatic nitrogens is 2. The van der Waals surface area contributed by atoms with E-state index in [1.54, 1.807) is 18.5 Å². The van der Waals surface area contributed by atoms with Gasteiger partial charge >= 0.3 is 0 Å². The van der Waals surface area contributed by atoms with Crippen LogP contribution in [0.5, 0.6) is 0 Å². The molecule has 0 spiro atoms. The molecule has 1 aliphatic heterocycles. The Balaban J connectivity index is 2.02. The van der Waals surface area contributed by atoms with Gasteiger partial charge in [-0.05, 0) is 32.4 Å². The average Bonchev–Trinajstić information content (AvgIpc) is 2.31. The van der Waals surface area contributed by atoms with Crippen molar-refractivity contribution in [2.45, 2.75) is 19.8 Å². The van der Waals surface area contributed by atoms with Crippen molar-refractivity contribution in [1.29, 1.82) is 0 Å². The molecule has 1 atom stereocenters. The van der Waals surface area contributed by atoms with E-state index < -0.39 is 0 Å². The zero-order valence-corrected chi connectivity index (χ0v) is 9.36. The maximum absolute atomic E-state index is 12.1. The van der Waals surface area contributed by atoms with Crippen molar-refractivity contribution in [3.8, 4) is 0 Å². The van der Waals surface area contributed by atoms with E-state index >= 15 is 0 Å². The normalized spacial score (nSPS) is 25.1. The van der Waals surface area contributed by atoms with Crippen LogP contribution in [0, 0.1) is 5.41 Å². The van der Waals surface area contributed by atoms with Gasteiger partial charge in [0.05, 0.1) is 5.41 Å². The molecule has 86 valence electrons. The van der Waals surface area contributed by atoms with Gasteiger partial charge < -0.3 is 5.32 Å². The lowest BCUT2D eigenvalue weighted by Crippen LogP contribution is -2.46. The Kier molecular flexibility index (Phi) is 3.14. The van der Waals surface area contributed by atoms with Gasteiger partial charge in [-0.2, -0.15) is 0 Å². The van der Waals surface area contributed by atoms with Crippen LogP contribution in [0.1, 0.15) is 19.8 Å². The number of piperidine rings is 1. The molecule has 0 saturated carbocycles. The predicted octanol–water partition coefficient (Wildman–Crippen LogP) is 0.805. The third kappa shape index (κ3) is 2.36. The van der Waals surface area contributed by atoms with Crippen LogP contribution in [0.25, 0.3) is 0 Å². The Morgan fingerprint density at radius 3 is 2.88 bits per heavy atom. The Hall–Kier alpha value is -1.49. The quantitative estimate of drug-likeness (QED) is 0.773. The van der Waals surface area contributed by atoms with E-state index in [1.807, 2.05) is 6.92 Å². The highest BCUT2D eigenvalue weighted by Gasteiger charge is 2.34. The van der Waals surface area contributed by atoms with Crippen LogP contribution in [-0.2, 0) is 4.79 Å². The van der Waals surface area contributed by atoms with Gasteiger partial charge in [0, 0.05) is 18.9 Å². The first-order chi connectivity index (χ1) is 7.71. The first kappa shape index (κ1) is 11.0.